The molecule has 9 heteroatoms. The van der Waals surface area contributed by atoms with Crippen molar-refractivity contribution in [1.29, 1.82) is 0 Å². The Morgan fingerprint density at radius 3 is 2.52 bits per heavy atom. The molecule has 1 atom stereocenters. The normalized spacial score (nSPS) is 14.6. The van der Waals surface area contributed by atoms with Gasteiger partial charge in [-0.25, -0.2) is 8.42 Å². The molecule has 0 aromatic heterocycles. The fourth-order valence-corrected chi connectivity index (χ4v) is 3.88. The van der Waals surface area contributed by atoms with Gasteiger partial charge in [0.25, 0.3) is 0 Å². The van der Waals surface area contributed by atoms with E-state index in [9.17, 15) is 13.5 Å². The molecule has 2 aliphatic rings. The number of hydrogen-bond acceptors (Lipinski definition) is 5. The van der Waals surface area contributed by atoms with Gasteiger partial charge in [-0.05, 0) is 28.8 Å². The number of nitrogens with zero attached hydrogens (tertiary/aromatic N) is 3. The Morgan fingerprint density at radius 1 is 1.28 bits per heavy atom. The second-order valence-corrected chi connectivity index (χ2v) is 6.94. The summed E-state index contributed by atoms with van der Waals surface area (Å²) < 4.78 is 33.0. The van der Waals surface area contributed by atoms with E-state index in [0.29, 0.717) is 12.2 Å². The molecule has 1 unspecified atom stereocenters. The molecule has 0 saturated carbocycles. The van der Waals surface area contributed by atoms with Crippen molar-refractivity contribution in [2.45, 2.75) is 24.7 Å². The van der Waals surface area contributed by atoms with Crippen LogP contribution in [-0.4, -0.2) is 20.1 Å². The molecule has 2 heterocycles. The SMILES string of the molecule is C.[N-]=[N+]=NCC(O)(NS(=O)(=O)c1cc2ccc1OC2)c1ccccc1. The fourth-order valence-electron chi connectivity index (χ4n) is 2.44. The molecule has 0 radical (unpaired) electrons. The third kappa shape index (κ3) is 3.75. The topological polar surface area (TPSA) is 124 Å². The Bertz CT molecular complexity index is 911. The van der Waals surface area contributed by atoms with Crippen molar-refractivity contribution < 1.29 is 18.3 Å². The van der Waals surface area contributed by atoms with E-state index in [-0.39, 0.29) is 23.6 Å². The number of azide groups is 1. The summed E-state index contributed by atoms with van der Waals surface area (Å²) in [6, 6.07) is 12.9. The zero-order valence-corrected chi connectivity index (χ0v) is 13.3. The van der Waals surface area contributed by atoms with E-state index in [2.05, 4.69) is 14.7 Å². The predicted molar refractivity (Wildman–Crippen MR) is 92.2 cm³/mol. The lowest BCUT2D eigenvalue weighted by atomic mass is 10.0. The smallest absolute Gasteiger partial charge is 0.246 e. The minimum Gasteiger partial charge on any atom is -0.487 e. The molecule has 0 saturated heterocycles. The highest BCUT2D eigenvalue weighted by atomic mass is 32.2. The largest absolute Gasteiger partial charge is 0.487 e. The van der Waals surface area contributed by atoms with Gasteiger partial charge in [0.05, 0.1) is 6.54 Å². The van der Waals surface area contributed by atoms with Crippen LogP contribution in [-0.2, 0) is 22.4 Å². The van der Waals surface area contributed by atoms with Gasteiger partial charge in [-0.2, -0.15) is 4.72 Å². The van der Waals surface area contributed by atoms with Crippen LogP contribution in [0.5, 0.6) is 5.75 Å². The molecule has 2 aromatic carbocycles. The highest BCUT2D eigenvalue weighted by Gasteiger charge is 2.36. The number of benzene rings is 2. The standard InChI is InChI=1S/C15H14N4O4S.CH4/c16-19-17-10-15(20,12-4-2-1-3-5-12)18-24(21,22)14-8-11-6-7-13(14)23-9-11;/h1-8,18,20H,9-10H2;1H4. The zero-order valence-electron chi connectivity index (χ0n) is 12.5. The van der Waals surface area contributed by atoms with Crippen molar-refractivity contribution in [2.75, 3.05) is 6.54 Å². The van der Waals surface area contributed by atoms with Crippen LogP contribution < -0.4 is 9.46 Å². The van der Waals surface area contributed by atoms with Crippen molar-refractivity contribution in [2.24, 2.45) is 5.11 Å². The summed E-state index contributed by atoms with van der Waals surface area (Å²) in [6.45, 7) is -0.185. The van der Waals surface area contributed by atoms with Gasteiger partial charge in [0.1, 0.15) is 17.3 Å². The van der Waals surface area contributed by atoms with Gasteiger partial charge in [0, 0.05) is 4.91 Å². The van der Waals surface area contributed by atoms with Gasteiger partial charge < -0.3 is 9.84 Å². The lowest BCUT2D eigenvalue weighted by Gasteiger charge is -2.29. The van der Waals surface area contributed by atoms with Gasteiger partial charge in [0.2, 0.25) is 10.0 Å². The molecule has 2 bridgehead atoms. The minimum absolute atomic E-state index is 0. The Labute approximate surface area is 145 Å². The Hall–Kier alpha value is -2.58. The molecule has 2 aliphatic heterocycles. The number of ether oxygens (including phenoxy) is 1. The third-order valence-corrected chi connectivity index (χ3v) is 5.11. The van der Waals surface area contributed by atoms with E-state index in [0.717, 1.165) is 0 Å². The monoisotopic (exact) mass is 362 g/mol. The van der Waals surface area contributed by atoms with Crippen LogP contribution in [0.3, 0.4) is 0 Å². The van der Waals surface area contributed by atoms with Crippen LogP contribution in [0.4, 0.5) is 0 Å². The van der Waals surface area contributed by atoms with E-state index < -0.39 is 22.3 Å². The maximum absolute atomic E-state index is 12.7. The van der Waals surface area contributed by atoms with Crippen molar-refractivity contribution >= 4 is 10.0 Å². The summed E-state index contributed by atoms with van der Waals surface area (Å²) in [5.41, 5.74) is 7.43. The number of aliphatic hydroxyl groups is 1. The lowest BCUT2D eigenvalue weighted by Crippen LogP contribution is -2.48. The molecule has 25 heavy (non-hydrogen) atoms. The van der Waals surface area contributed by atoms with Gasteiger partial charge in [0.15, 0.2) is 5.72 Å². The lowest BCUT2D eigenvalue weighted by molar-refractivity contribution is 0.0341. The second kappa shape index (κ2) is 7.12. The molecule has 0 spiro atoms. The Morgan fingerprint density at radius 2 is 2.00 bits per heavy atom. The summed E-state index contributed by atoms with van der Waals surface area (Å²) in [5.74, 6) is 0.205. The third-order valence-electron chi connectivity index (χ3n) is 3.61. The first-order valence-electron chi connectivity index (χ1n) is 7.03. The van der Waals surface area contributed by atoms with E-state index in [1.54, 1.807) is 30.3 Å². The minimum atomic E-state index is -4.11. The predicted octanol–water partition coefficient (Wildman–Crippen LogP) is 2.65. The first kappa shape index (κ1) is 18.8. The number of sulfonamides is 1. The van der Waals surface area contributed by atoms with Crippen LogP contribution in [0.1, 0.15) is 18.6 Å². The molecular weight excluding hydrogens is 344 g/mol. The number of nitrogens with one attached hydrogen (secondary N) is 1. The van der Waals surface area contributed by atoms with Gasteiger partial charge in [-0.3, -0.25) is 0 Å². The van der Waals surface area contributed by atoms with Gasteiger partial charge >= 0.3 is 0 Å². The Kier molecular flexibility index (Phi) is 5.34. The van der Waals surface area contributed by atoms with Crippen LogP contribution >= 0.6 is 0 Å². The average Bonchev–Trinajstić information content (AvgIpc) is 2.61. The number of hydrogen-bond donors (Lipinski definition) is 2. The van der Waals surface area contributed by atoms with Crippen LogP contribution in [0.15, 0.2) is 58.5 Å². The van der Waals surface area contributed by atoms with Crippen LogP contribution in [0, 0.1) is 0 Å². The summed E-state index contributed by atoms with van der Waals surface area (Å²) in [4.78, 5) is 2.53. The summed E-state index contributed by atoms with van der Waals surface area (Å²) in [5, 5.41) is 14.1. The van der Waals surface area contributed by atoms with Gasteiger partial charge in [-0.15, -0.1) is 0 Å². The maximum Gasteiger partial charge on any atom is 0.246 e. The summed E-state index contributed by atoms with van der Waals surface area (Å²) in [6.07, 6.45) is 0. The van der Waals surface area contributed by atoms with Crippen molar-refractivity contribution in [3.63, 3.8) is 0 Å². The van der Waals surface area contributed by atoms with Crippen LogP contribution in [0.25, 0.3) is 10.4 Å². The first-order valence-corrected chi connectivity index (χ1v) is 8.51. The molecule has 4 rings (SSSR count). The second-order valence-electron chi connectivity index (χ2n) is 5.29. The quantitative estimate of drug-likeness (QED) is 0.355. The molecule has 0 amide bonds. The average molecular weight is 362 g/mol. The van der Waals surface area contributed by atoms with Crippen LogP contribution in [0.2, 0.25) is 0 Å². The highest BCUT2D eigenvalue weighted by Crippen LogP contribution is 2.32. The summed E-state index contributed by atoms with van der Waals surface area (Å²) in [7, 11) is -4.11. The highest BCUT2D eigenvalue weighted by molar-refractivity contribution is 7.89. The van der Waals surface area contributed by atoms with Gasteiger partial charge in [-0.1, -0.05) is 48.9 Å². The number of fused-ring (bicyclic) bond motifs is 3. The molecule has 132 valence electrons. The van der Waals surface area contributed by atoms with Crippen molar-refractivity contribution in [1.82, 2.24) is 4.72 Å². The Balaban J connectivity index is 0.00000225. The fraction of sp³-hybridized carbons (Fsp3) is 0.250. The van der Waals surface area contributed by atoms with Crippen molar-refractivity contribution in [3.05, 3.63) is 70.1 Å². The molecule has 2 N–H and O–H groups in total. The van der Waals surface area contributed by atoms with E-state index in [4.69, 9.17) is 10.3 Å². The maximum atomic E-state index is 12.7. The van der Waals surface area contributed by atoms with E-state index in [1.165, 1.54) is 18.2 Å². The number of rotatable bonds is 6. The first-order chi connectivity index (χ1) is 11.4. The molecule has 0 fully saturated rings. The summed E-state index contributed by atoms with van der Waals surface area (Å²) >= 11 is 0. The van der Waals surface area contributed by atoms with Crippen molar-refractivity contribution in [3.8, 4) is 5.75 Å². The molecular formula is C16H18N4O4S. The molecule has 8 nitrogen and oxygen atoms in total. The van der Waals surface area contributed by atoms with E-state index in [1.807, 2.05) is 0 Å². The molecule has 2 aromatic rings. The van der Waals surface area contributed by atoms with E-state index >= 15 is 0 Å². The zero-order chi connectivity index (χ0) is 17.2. The molecule has 0 aliphatic carbocycles.